The summed E-state index contributed by atoms with van der Waals surface area (Å²) in [6.45, 7) is 2.52. The SMILES string of the molecule is CCCOc1ccccc1C(=O)NC(=S)Nc1ccccc1C#N. The van der Waals surface area contributed by atoms with E-state index in [9.17, 15) is 4.79 Å². The summed E-state index contributed by atoms with van der Waals surface area (Å²) in [4.78, 5) is 12.4. The second kappa shape index (κ2) is 8.65. The van der Waals surface area contributed by atoms with E-state index in [-0.39, 0.29) is 11.0 Å². The van der Waals surface area contributed by atoms with E-state index in [0.717, 1.165) is 6.42 Å². The van der Waals surface area contributed by atoms with Crippen LogP contribution in [-0.4, -0.2) is 17.6 Å². The molecule has 0 aliphatic heterocycles. The van der Waals surface area contributed by atoms with Crippen LogP contribution in [0.5, 0.6) is 5.75 Å². The van der Waals surface area contributed by atoms with Gasteiger partial charge in [0.25, 0.3) is 5.91 Å². The van der Waals surface area contributed by atoms with Crippen LogP contribution in [0.4, 0.5) is 5.69 Å². The Morgan fingerprint density at radius 2 is 1.92 bits per heavy atom. The molecule has 5 nitrogen and oxygen atoms in total. The number of anilines is 1. The van der Waals surface area contributed by atoms with Crippen molar-refractivity contribution in [2.24, 2.45) is 0 Å². The van der Waals surface area contributed by atoms with Gasteiger partial charge in [-0.25, -0.2) is 0 Å². The topological polar surface area (TPSA) is 74.2 Å². The number of nitrogens with zero attached hydrogens (tertiary/aromatic N) is 1. The molecular formula is C18H17N3O2S. The van der Waals surface area contributed by atoms with Crippen molar-refractivity contribution < 1.29 is 9.53 Å². The molecule has 0 saturated heterocycles. The highest BCUT2D eigenvalue weighted by molar-refractivity contribution is 7.80. The Labute approximate surface area is 146 Å². The summed E-state index contributed by atoms with van der Waals surface area (Å²) in [5, 5.41) is 14.7. The number of para-hydroxylation sites is 2. The van der Waals surface area contributed by atoms with Crippen molar-refractivity contribution in [3.05, 3.63) is 59.7 Å². The molecule has 0 aliphatic carbocycles. The third kappa shape index (κ3) is 4.54. The van der Waals surface area contributed by atoms with Gasteiger partial charge < -0.3 is 10.1 Å². The molecule has 0 unspecified atom stereocenters. The van der Waals surface area contributed by atoms with Gasteiger partial charge in [-0.15, -0.1) is 0 Å². The molecule has 122 valence electrons. The average Bonchev–Trinajstić information content (AvgIpc) is 2.60. The Balaban J connectivity index is 2.07. The van der Waals surface area contributed by atoms with E-state index < -0.39 is 0 Å². The van der Waals surface area contributed by atoms with Crippen molar-refractivity contribution in [3.8, 4) is 11.8 Å². The summed E-state index contributed by atoms with van der Waals surface area (Å²) < 4.78 is 5.58. The van der Waals surface area contributed by atoms with Gasteiger partial charge in [-0.1, -0.05) is 31.2 Å². The van der Waals surface area contributed by atoms with Crippen LogP contribution in [0.2, 0.25) is 0 Å². The fourth-order valence-electron chi connectivity index (χ4n) is 2.01. The van der Waals surface area contributed by atoms with Crippen LogP contribution in [0.15, 0.2) is 48.5 Å². The third-order valence-electron chi connectivity index (χ3n) is 3.12. The van der Waals surface area contributed by atoms with Gasteiger partial charge in [0.05, 0.1) is 23.4 Å². The second-order valence-corrected chi connectivity index (χ2v) is 5.32. The van der Waals surface area contributed by atoms with Gasteiger partial charge in [0.1, 0.15) is 11.8 Å². The van der Waals surface area contributed by atoms with Gasteiger partial charge in [0.15, 0.2) is 5.11 Å². The van der Waals surface area contributed by atoms with Crippen LogP contribution >= 0.6 is 12.2 Å². The van der Waals surface area contributed by atoms with E-state index in [0.29, 0.717) is 29.2 Å². The molecule has 2 aromatic rings. The van der Waals surface area contributed by atoms with E-state index >= 15 is 0 Å². The molecule has 0 radical (unpaired) electrons. The van der Waals surface area contributed by atoms with E-state index in [2.05, 4.69) is 16.7 Å². The number of benzene rings is 2. The quantitative estimate of drug-likeness (QED) is 0.816. The monoisotopic (exact) mass is 339 g/mol. The first-order valence-corrected chi connectivity index (χ1v) is 7.89. The highest BCUT2D eigenvalue weighted by Crippen LogP contribution is 2.18. The Hall–Kier alpha value is -2.91. The van der Waals surface area contributed by atoms with Crippen LogP contribution in [-0.2, 0) is 0 Å². The molecular weight excluding hydrogens is 322 g/mol. The van der Waals surface area contributed by atoms with Gasteiger partial charge in [-0.3, -0.25) is 10.1 Å². The highest BCUT2D eigenvalue weighted by atomic mass is 32.1. The standard InChI is InChI=1S/C18H17N3O2S/c1-2-11-23-16-10-6-4-8-14(16)17(22)21-18(24)20-15-9-5-3-7-13(15)12-19/h3-10H,2,11H2,1H3,(H2,20,21,22,24). The molecule has 0 heterocycles. The molecule has 1 amide bonds. The van der Waals surface area contributed by atoms with Crippen molar-refractivity contribution in [1.82, 2.24) is 5.32 Å². The van der Waals surface area contributed by atoms with Crippen LogP contribution < -0.4 is 15.4 Å². The maximum atomic E-state index is 12.4. The zero-order valence-electron chi connectivity index (χ0n) is 13.2. The normalized spacial score (nSPS) is 9.67. The largest absolute Gasteiger partial charge is 0.493 e. The third-order valence-corrected chi connectivity index (χ3v) is 3.32. The molecule has 2 aromatic carbocycles. The average molecular weight is 339 g/mol. The number of carbonyl (C=O) groups excluding carboxylic acids is 1. The first-order valence-electron chi connectivity index (χ1n) is 7.49. The molecule has 0 atom stereocenters. The summed E-state index contributed by atoms with van der Waals surface area (Å²) in [5.74, 6) is 0.144. The van der Waals surface area contributed by atoms with Crippen molar-refractivity contribution in [1.29, 1.82) is 5.26 Å². The molecule has 0 bridgehead atoms. The van der Waals surface area contributed by atoms with Crippen molar-refractivity contribution >= 4 is 28.9 Å². The van der Waals surface area contributed by atoms with E-state index in [1.54, 1.807) is 42.5 Å². The van der Waals surface area contributed by atoms with Gasteiger partial charge in [-0.05, 0) is 42.9 Å². The minimum Gasteiger partial charge on any atom is -0.493 e. The van der Waals surface area contributed by atoms with Crippen LogP contribution in [0, 0.1) is 11.3 Å². The van der Waals surface area contributed by atoms with Gasteiger partial charge >= 0.3 is 0 Å². The van der Waals surface area contributed by atoms with E-state index in [1.807, 2.05) is 13.0 Å². The minimum absolute atomic E-state index is 0.119. The number of nitrogens with one attached hydrogen (secondary N) is 2. The number of carbonyl (C=O) groups is 1. The van der Waals surface area contributed by atoms with Crippen LogP contribution in [0.3, 0.4) is 0 Å². The summed E-state index contributed by atoms with van der Waals surface area (Å²) in [6.07, 6.45) is 0.848. The molecule has 0 fully saturated rings. The van der Waals surface area contributed by atoms with Crippen molar-refractivity contribution in [2.45, 2.75) is 13.3 Å². The molecule has 0 aromatic heterocycles. The number of hydrogen-bond donors (Lipinski definition) is 2. The lowest BCUT2D eigenvalue weighted by Gasteiger charge is -2.13. The van der Waals surface area contributed by atoms with E-state index in [1.165, 1.54) is 0 Å². The summed E-state index contributed by atoms with van der Waals surface area (Å²) in [7, 11) is 0. The first kappa shape index (κ1) is 17.4. The molecule has 0 spiro atoms. The maximum Gasteiger partial charge on any atom is 0.261 e. The Morgan fingerprint density at radius 1 is 1.21 bits per heavy atom. The fraction of sp³-hybridized carbons (Fsp3) is 0.167. The zero-order valence-corrected chi connectivity index (χ0v) is 14.0. The van der Waals surface area contributed by atoms with Gasteiger partial charge in [0.2, 0.25) is 0 Å². The fourth-order valence-corrected chi connectivity index (χ4v) is 2.21. The Morgan fingerprint density at radius 3 is 2.67 bits per heavy atom. The lowest BCUT2D eigenvalue weighted by Crippen LogP contribution is -2.34. The number of thiocarbonyl (C=S) groups is 1. The lowest BCUT2D eigenvalue weighted by molar-refractivity contribution is 0.0973. The Bertz CT molecular complexity index is 784. The lowest BCUT2D eigenvalue weighted by atomic mass is 10.2. The summed E-state index contributed by atoms with van der Waals surface area (Å²) in [6, 6.07) is 16.0. The molecule has 2 N–H and O–H groups in total. The number of ether oxygens (including phenoxy) is 1. The molecule has 24 heavy (non-hydrogen) atoms. The first-order chi connectivity index (χ1) is 11.7. The number of hydrogen-bond acceptors (Lipinski definition) is 4. The molecule has 0 saturated carbocycles. The predicted octanol–water partition coefficient (Wildman–Crippen LogP) is 3.47. The maximum absolute atomic E-state index is 12.4. The molecule has 2 rings (SSSR count). The van der Waals surface area contributed by atoms with Gasteiger partial charge in [-0.2, -0.15) is 5.26 Å². The highest BCUT2D eigenvalue weighted by Gasteiger charge is 2.14. The molecule has 0 aliphatic rings. The second-order valence-electron chi connectivity index (χ2n) is 4.91. The zero-order chi connectivity index (χ0) is 17.4. The minimum atomic E-state index is -0.367. The summed E-state index contributed by atoms with van der Waals surface area (Å²) in [5.41, 5.74) is 1.39. The van der Waals surface area contributed by atoms with Crippen molar-refractivity contribution in [3.63, 3.8) is 0 Å². The molecule has 6 heteroatoms. The van der Waals surface area contributed by atoms with Crippen LogP contribution in [0.25, 0.3) is 0 Å². The number of amides is 1. The van der Waals surface area contributed by atoms with E-state index in [4.69, 9.17) is 22.2 Å². The van der Waals surface area contributed by atoms with Crippen LogP contribution in [0.1, 0.15) is 29.3 Å². The summed E-state index contributed by atoms with van der Waals surface area (Å²) >= 11 is 5.16. The number of nitriles is 1. The Kier molecular flexibility index (Phi) is 6.29. The predicted molar refractivity (Wildman–Crippen MR) is 97.1 cm³/mol. The van der Waals surface area contributed by atoms with Crippen molar-refractivity contribution in [2.75, 3.05) is 11.9 Å². The van der Waals surface area contributed by atoms with Gasteiger partial charge in [0, 0.05) is 0 Å². The smallest absolute Gasteiger partial charge is 0.261 e. The number of rotatable bonds is 5.